The minimum absolute atomic E-state index is 0.0996. The van der Waals surface area contributed by atoms with Crippen molar-refractivity contribution >= 4 is 22.6 Å². The Bertz CT molecular complexity index is 601. The quantitative estimate of drug-likeness (QED) is 0.504. The summed E-state index contributed by atoms with van der Waals surface area (Å²) in [5.74, 6) is 0. The maximum Gasteiger partial charge on any atom is 0.362 e. The Kier molecular flexibility index (Phi) is 4.06. The molecule has 1 aromatic rings. The monoisotopic (exact) mass is 388 g/mol. The third-order valence-electron chi connectivity index (χ3n) is 2.82. The zero-order valence-electron chi connectivity index (χ0n) is 9.31. The molecule has 2 heterocycles. The third-order valence-corrected chi connectivity index (χ3v) is 3.56. The highest BCUT2D eigenvalue weighted by Gasteiger charge is 2.44. The van der Waals surface area contributed by atoms with Gasteiger partial charge in [-0.15, -0.1) is 0 Å². The topological polar surface area (TPSA) is 114 Å². The number of aliphatic hydroxyl groups excluding tert-OH is 3. The molecule has 0 spiro atoms. The van der Waals surface area contributed by atoms with Gasteiger partial charge in [-0.1, -0.05) is 9.27 Å². The van der Waals surface area contributed by atoms with E-state index in [0.29, 0.717) is 4.57 Å². The van der Waals surface area contributed by atoms with Crippen molar-refractivity contribution in [2.75, 3.05) is 6.61 Å². The first-order chi connectivity index (χ1) is 8.88. The van der Waals surface area contributed by atoms with Crippen LogP contribution in [0.15, 0.2) is 15.8 Å². The molecule has 0 aliphatic carbocycles. The Morgan fingerprint density at radius 3 is 2.53 bits per heavy atom. The van der Waals surface area contributed by atoms with Gasteiger partial charge in [0.05, 0.1) is 10.2 Å². The molecule has 8 nitrogen and oxygen atoms in total. The molecule has 1 saturated heterocycles. The number of aliphatic hydroxyl groups is 3. The van der Waals surface area contributed by atoms with E-state index in [2.05, 4.69) is 0 Å². The molecule has 1 aliphatic heterocycles. The molecule has 0 bridgehead atoms. The lowest BCUT2D eigenvalue weighted by Gasteiger charge is -2.17. The summed E-state index contributed by atoms with van der Waals surface area (Å²) in [7, 11) is 0. The second-order valence-corrected chi connectivity index (χ2v) is 5.14. The minimum atomic E-state index is -1.52. The molecule has 10 heteroatoms. The Hall–Kier alpha value is -0.820. The van der Waals surface area contributed by atoms with Crippen LogP contribution < -0.4 is 11.2 Å². The van der Waals surface area contributed by atoms with E-state index in [9.17, 15) is 24.3 Å². The Morgan fingerprint density at radius 1 is 1.37 bits per heavy atom. The van der Waals surface area contributed by atoms with E-state index in [4.69, 9.17) is 9.84 Å². The fourth-order valence-electron chi connectivity index (χ4n) is 1.81. The van der Waals surface area contributed by atoms with Crippen molar-refractivity contribution in [3.05, 3.63) is 30.6 Å². The average molecular weight is 388 g/mol. The van der Waals surface area contributed by atoms with Crippen LogP contribution in [0.4, 0.5) is 4.48 Å². The van der Waals surface area contributed by atoms with Crippen molar-refractivity contribution in [3.8, 4) is 0 Å². The van der Waals surface area contributed by atoms with E-state index in [1.165, 1.54) is 22.6 Å². The third kappa shape index (κ3) is 2.33. The zero-order chi connectivity index (χ0) is 14.3. The first kappa shape index (κ1) is 14.6. The fourth-order valence-corrected chi connectivity index (χ4v) is 2.32. The predicted octanol–water partition coefficient (Wildman–Crippen LogP) is -2.04. The van der Waals surface area contributed by atoms with Crippen LogP contribution in [-0.4, -0.2) is 49.6 Å². The standard InChI is InChI=1S/C9H10FIN2O6/c10-13-7(17)3(11)1-12(9(13)18)8-6(16)5(15)4(2-14)19-8/h1,4-6,8,14-16H,2H2/t4-,5-,6-,8?/m1/s1. The van der Waals surface area contributed by atoms with Gasteiger partial charge >= 0.3 is 5.69 Å². The largest absolute Gasteiger partial charge is 0.394 e. The van der Waals surface area contributed by atoms with Gasteiger partial charge in [0.15, 0.2) is 6.23 Å². The van der Waals surface area contributed by atoms with E-state index in [1.807, 2.05) is 0 Å². The van der Waals surface area contributed by atoms with Crippen LogP contribution in [0, 0.1) is 3.57 Å². The smallest absolute Gasteiger partial charge is 0.362 e. The molecular formula is C9H10FIN2O6. The van der Waals surface area contributed by atoms with Gasteiger partial charge in [-0.3, -0.25) is 9.36 Å². The van der Waals surface area contributed by atoms with E-state index in [0.717, 1.165) is 6.20 Å². The van der Waals surface area contributed by atoms with E-state index >= 15 is 0 Å². The molecule has 0 radical (unpaired) electrons. The number of halogens is 2. The van der Waals surface area contributed by atoms with Crippen molar-refractivity contribution in [2.24, 2.45) is 0 Å². The van der Waals surface area contributed by atoms with Crippen molar-refractivity contribution in [2.45, 2.75) is 24.5 Å². The normalized spacial score (nSPS) is 30.8. The van der Waals surface area contributed by atoms with Crippen LogP contribution in [0.5, 0.6) is 0 Å². The second-order valence-electron chi connectivity index (χ2n) is 3.98. The number of rotatable bonds is 2. The Morgan fingerprint density at radius 2 is 2.00 bits per heavy atom. The number of nitrogens with zero attached hydrogens (tertiary/aromatic N) is 2. The number of hydrogen-bond donors (Lipinski definition) is 3. The van der Waals surface area contributed by atoms with Crippen LogP contribution in [0.3, 0.4) is 0 Å². The fraction of sp³-hybridized carbons (Fsp3) is 0.556. The molecule has 1 aliphatic rings. The lowest BCUT2D eigenvalue weighted by Crippen LogP contribution is -2.42. The maximum atomic E-state index is 13.3. The summed E-state index contributed by atoms with van der Waals surface area (Å²) in [6, 6.07) is 0. The minimum Gasteiger partial charge on any atom is -0.394 e. The molecule has 1 unspecified atom stereocenters. The number of hydrogen-bond acceptors (Lipinski definition) is 6. The van der Waals surface area contributed by atoms with E-state index < -0.39 is 47.2 Å². The van der Waals surface area contributed by atoms with Gasteiger partial charge in [0.25, 0.3) is 5.56 Å². The summed E-state index contributed by atoms with van der Waals surface area (Å²) in [6.45, 7) is -0.574. The Labute approximate surface area is 118 Å². The molecule has 106 valence electrons. The summed E-state index contributed by atoms with van der Waals surface area (Å²) in [5, 5.41) is 28.2. The van der Waals surface area contributed by atoms with Gasteiger partial charge in [0.2, 0.25) is 0 Å². The highest BCUT2D eigenvalue weighted by molar-refractivity contribution is 14.1. The first-order valence-electron chi connectivity index (χ1n) is 5.20. The summed E-state index contributed by atoms with van der Waals surface area (Å²) in [5.41, 5.74) is -2.45. The molecule has 2 rings (SSSR count). The molecule has 0 aromatic carbocycles. The van der Waals surface area contributed by atoms with Gasteiger partial charge in [-0.2, -0.15) is 0 Å². The van der Waals surface area contributed by atoms with Crippen LogP contribution in [0.2, 0.25) is 0 Å². The lowest BCUT2D eigenvalue weighted by molar-refractivity contribution is -0.0566. The molecule has 0 saturated carbocycles. The number of ether oxygens (including phenoxy) is 1. The van der Waals surface area contributed by atoms with E-state index in [1.54, 1.807) is 0 Å². The number of aromatic nitrogens is 2. The van der Waals surface area contributed by atoms with Gasteiger partial charge in [-0.25, -0.2) is 4.79 Å². The van der Waals surface area contributed by atoms with Gasteiger partial charge in [0, 0.05) is 6.20 Å². The SMILES string of the molecule is O=c1c(I)cn(C2O[C@H](CO)[C@@H](O)[C@H]2O)c(=O)n1F. The molecular weight excluding hydrogens is 378 g/mol. The Balaban J connectivity index is 2.50. The first-order valence-corrected chi connectivity index (χ1v) is 6.28. The summed E-state index contributed by atoms with van der Waals surface area (Å²) in [6.07, 6.45) is -4.40. The molecule has 19 heavy (non-hydrogen) atoms. The maximum absolute atomic E-state index is 13.3. The predicted molar refractivity (Wildman–Crippen MR) is 67.2 cm³/mol. The molecule has 3 N–H and O–H groups in total. The summed E-state index contributed by atoms with van der Waals surface area (Å²) in [4.78, 5) is 22.2. The second kappa shape index (κ2) is 5.28. The van der Waals surface area contributed by atoms with Crippen molar-refractivity contribution in [1.29, 1.82) is 0 Å². The van der Waals surface area contributed by atoms with Crippen LogP contribution in [0.25, 0.3) is 0 Å². The van der Waals surface area contributed by atoms with Gasteiger partial charge in [0.1, 0.15) is 18.3 Å². The molecule has 0 amide bonds. The van der Waals surface area contributed by atoms with Crippen LogP contribution in [0.1, 0.15) is 6.23 Å². The van der Waals surface area contributed by atoms with E-state index in [-0.39, 0.29) is 3.57 Å². The highest BCUT2D eigenvalue weighted by atomic mass is 127. The van der Waals surface area contributed by atoms with Gasteiger partial charge in [-0.05, 0) is 22.6 Å². The highest BCUT2D eigenvalue weighted by Crippen LogP contribution is 2.28. The van der Waals surface area contributed by atoms with Gasteiger partial charge < -0.3 is 20.1 Å². The zero-order valence-corrected chi connectivity index (χ0v) is 11.5. The summed E-state index contributed by atoms with van der Waals surface area (Å²) < 4.78 is 19.0. The lowest BCUT2D eigenvalue weighted by atomic mass is 10.1. The van der Waals surface area contributed by atoms with Crippen molar-refractivity contribution < 1.29 is 24.5 Å². The van der Waals surface area contributed by atoms with Crippen LogP contribution in [-0.2, 0) is 4.74 Å². The van der Waals surface area contributed by atoms with Crippen molar-refractivity contribution in [3.63, 3.8) is 0 Å². The molecule has 1 fully saturated rings. The molecule has 4 atom stereocenters. The summed E-state index contributed by atoms with van der Waals surface area (Å²) >= 11 is 1.52. The molecule has 1 aromatic heterocycles. The van der Waals surface area contributed by atoms with Crippen LogP contribution >= 0.6 is 22.6 Å². The van der Waals surface area contributed by atoms with Crippen molar-refractivity contribution in [1.82, 2.24) is 9.36 Å². The average Bonchev–Trinajstić information content (AvgIpc) is 2.68.